The van der Waals surface area contributed by atoms with Crippen LogP contribution in [0.25, 0.3) is 0 Å². The third-order valence-corrected chi connectivity index (χ3v) is 4.10. The molecule has 2 nitrogen and oxygen atoms in total. The van der Waals surface area contributed by atoms with E-state index >= 15 is 0 Å². The van der Waals surface area contributed by atoms with Crippen molar-refractivity contribution in [3.05, 3.63) is 0 Å². The lowest BCUT2D eigenvalue weighted by molar-refractivity contribution is -0.119. The molecule has 3 heteroatoms. The molecule has 0 spiro atoms. The monoisotopic (exact) mass is 200 g/mol. The minimum Gasteiger partial charge on any atom is -0.381 e. The lowest BCUT2D eigenvalue weighted by Crippen LogP contribution is -2.21. The van der Waals surface area contributed by atoms with Gasteiger partial charge in [0.05, 0.1) is 5.75 Å². The van der Waals surface area contributed by atoms with Crippen molar-refractivity contribution in [2.45, 2.75) is 19.3 Å². The zero-order valence-electron chi connectivity index (χ0n) is 7.83. The van der Waals surface area contributed by atoms with E-state index in [9.17, 15) is 4.79 Å². The van der Waals surface area contributed by atoms with Crippen molar-refractivity contribution in [2.24, 2.45) is 11.8 Å². The quantitative estimate of drug-likeness (QED) is 0.679. The highest BCUT2D eigenvalue weighted by atomic mass is 32.2. The zero-order valence-corrected chi connectivity index (χ0v) is 8.65. The molecule has 2 rings (SSSR count). The second kappa shape index (κ2) is 4.47. The van der Waals surface area contributed by atoms with Crippen molar-refractivity contribution in [3.8, 4) is 0 Å². The van der Waals surface area contributed by atoms with Gasteiger partial charge in [0.25, 0.3) is 0 Å². The van der Waals surface area contributed by atoms with Gasteiger partial charge in [-0.05, 0) is 25.2 Å². The fraction of sp³-hybridized carbons (Fsp3) is 0.900. The van der Waals surface area contributed by atoms with Crippen molar-refractivity contribution in [1.82, 2.24) is 0 Å². The Morgan fingerprint density at radius 2 is 2.15 bits per heavy atom. The van der Waals surface area contributed by atoms with Gasteiger partial charge < -0.3 is 4.74 Å². The lowest BCUT2D eigenvalue weighted by Gasteiger charge is -2.23. The van der Waals surface area contributed by atoms with Gasteiger partial charge in [0.15, 0.2) is 0 Å². The Hall–Kier alpha value is -0.0200. The normalized spacial score (nSPS) is 31.1. The van der Waals surface area contributed by atoms with Crippen LogP contribution in [0.15, 0.2) is 0 Å². The summed E-state index contributed by atoms with van der Waals surface area (Å²) in [7, 11) is 0. The topological polar surface area (TPSA) is 26.3 Å². The second-order valence-electron chi connectivity index (χ2n) is 3.97. The lowest BCUT2D eigenvalue weighted by atomic mass is 9.88. The number of carbonyl (C=O) groups excluding carboxylic acids is 1. The summed E-state index contributed by atoms with van der Waals surface area (Å²) in [5.41, 5.74) is 0. The fourth-order valence-electron chi connectivity index (χ4n) is 2.10. The summed E-state index contributed by atoms with van der Waals surface area (Å²) < 4.78 is 5.30. The number of hydrogen-bond acceptors (Lipinski definition) is 3. The van der Waals surface area contributed by atoms with Crippen LogP contribution < -0.4 is 0 Å². The Labute approximate surface area is 83.4 Å². The minimum absolute atomic E-state index is 0.369. The van der Waals surface area contributed by atoms with E-state index in [0.717, 1.165) is 49.9 Å². The number of ether oxygens (including phenoxy) is 1. The molecule has 0 aliphatic carbocycles. The van der Waals surface area contributed by atoms with Gasteiger partial charge in [-0.1, -0.05) is 0 Å². The zero-order chi connectivity index (χ0) is 9.10. The smallest absolute Gasteiger partial charge is 0.146 e. The van der Waals surface area contributed by atoms with Crippen molar-refractivity contribution in [2.75, 3.05) is 24.7 Å². The van der Waals surface area contributed by atoms with Crippen LogP contribution in [0.3, 0.4) is 0 Å². The highest BCUT2D eigenvalue weighted by Gasteiger charge is 2.28. The average Bonchev–Trinajstić information content (AvgIpc) is 2.54. The maximum absolute atomic E-state index is 11.4. The SMILES string of the molecule is O=C1CSCC1CC1CCOCC1. The van der Waals surface area contributed by atoms with Crippen LogP contribution in [0.2, 0.25) is 0 Å². The third-order valence-electron chi connectivity index (χ3n) is 2.98. The summed E-state index contributed by atoms with van der Waals surface area (Å²) in [4.78, 5) is 11.4. The molecule has 2 saturated heterocycles. The first-order valence-electron chi connectivity index (χ1n) is 5.04. The molecular weight excluding hydrogens is 184 g/mol. The van der Waals surface area contributed by atoms with Crippen LogP contribution in [0, 0.1) is 11.8 Å². The molecule has 74 valence electrons. The molecule has 0 amide bonds. The van der Waals surface area contributed by atoms with E-state index in [-0.39, 0.29) is 0 Å². The maximum atomic E-state index is 11.4. The van der Waals surface area contributed by atoms with E-state index < -0.39 is 0 Å². The average molecular weight is 200 g/mol. The molecule has 1 atom stereocenters. The van der Waals surface area contributed by atoms with E-state index in [1.807, 2.05) is 0 Å². The van der Waals surface area contributed by atoms with Crippen LogP contribution in [-0.2, 0) is 9.53 Å². The van der Waals surface area contributed by atoms with E-state index in [2.05, 4.69) is 0 Å². The van der Waals surface area contributed by atoms with Gasteiger partial charge in [-0.15, -0.1) is 0 Å². The Balaban J connectivity index is 1.79. The largest absolute Gasteiger partial charge is 0.381 e. The number of ketones is 1. The van der Waals surface area contributed by atoms with Crippen LogP contribution in [0.1, 0.15) is 19.3 Å². The predicted molar refractivity (Wildman–Crippen MR) is 54.0 cm³/mol. The standard InChI is InChI=1S/C10H16O2S/c11-10-7-13-6-9(10)5-8-1-3-12-4-2-8/h8-9H,1-7H2. The second-order valence-corrected chi connectivity index (χ2v) is 5.00. The molecule has 0 radical (unpaired) electrons. The Morgan fingerprint density at radius 1 is 1.38 bits per heavy atom. The molecule has 13 heavy (non-hydrogen) atoms. The molecule has 0 saturated carbocycles. The summed E-state index contributed by atoms with van der Waals surface area (Å²) in [6.07, 6.45) is 3.44. The number of hydrogen-bond donors (Lipinski definition) is 0. The molecule has 2 heterocycles. The maximum Gasteiger partial charge on any atom is 0.146 e. The van der Waals surface area contributed by atoms with Crippen molar-refractivity contribution < 1.29 is 9.53 Å². The van der Waals surface area contributed by atoms with E-state index in [0.29, 0.717) is 11.7 Å². The van der Waals surface area contributed by atoms with E-state index in [1.165, 1.54) is 0 Å². The molecule has 0 aromatic heterocycles. The van der Waals surface area contributed by atoms with Crippen molar-refractivity contribution in [3.63, 3.8) is 0 Å². The summed E-state index contributed by atoms with van der Waals surface area (Å²) in [6, 6.07) is 0. The first-order valence-corrected chi connectivity index (χ1v) is 6.20. The third kappa shape index (κ3) is 2.47. The van der Waals surface area contributed by atoms with Crippen LogP contribution in [0.5, 0.6) is 0 Å². The molecule has 0 N–H and O–H groups in total. The van der Waals surface area contributed by atoms with Crippen LogP contribution >= 0.6 is 11.8 Å². The van der Waals surface area contributed by atoms with Gasteiger partial charge in [-0.2, -0.15) is 11.8 Å². The minimum atomic E-state index is 0.369. The predicted octanol–water partition coefficient (Wildman–Crippen LogP) is 1.74. The highest BCUT2D eigenvalue weighted by Crippen LogP contribution is 2.30. The Bertz CT molecular complexity index is 187. The Morgan fingerprint density at radius 3 is 2.77 bits per heavy atom. The van der Waals surface area contributed by atoms with Crippen molar-refractivity contribution in [1.29, 1.82) is 0 Å². The Kier molecular flexibility index (Phi) is 3.28. The van der Waals surface area contributed by atoms with E-state index in [4.69, 9.17) is 4.74 Å². The number of Topliss-reactive ketones (excluding diaryl/α,β-unsaturated/α-hetero) is 1. The van der Waals surface area contributed by atoms with Gasteiger partial charge in [0, 0.05) is 24.9 Å². The summed E-state index contributed by atoms with van der Waals surface area (Å²) in [5.74, 6) is 3.43. The van der Waals surface area contributed by atoms with Gasteiger partial charge >= 0.3 is 0 Å². The first kappa shape index (κ1) is 9.53. The molecule has 0 aromatic carbocycles. The molecule has 0 bridgehead atoms. The van der Waals surface area contributed by atoms with Gasteiger partial charge in [-0.3, -0.25) is 4.79 Å². The summed E-state index contributed by atoms with van der Waals surface area (Å²) >= 11 is 1.80. The van der Waals surface area contributed by atoms with Gasteiger partial charge in [-0.25, -0.2) is 0 Å². The highest BCUT2D eigenvalue weighted by molar-refractivity contribution is 8.00. The van der Waals surface area contributed by atoms with Crippen LogP contribution in [-0.4, -0.2) is 30.5 Å². The van der Waals surface area contributed by atoms with Crippen molar-refractivity contribution >= 4 is 17.5 Å². The molecule has 0 aromatic rings. The first-order chi connectivity index (χ1) is 6.36. The molecule has 2 aliphatic heterocycles. The number of thioether (sulfide) groups is 1. The number of carbonyl (C=O) groups is 1. The fourth-order valence-corrected chi connectivity index (χ4v) is 3.26. The molecule has 2 aliphatic rings. The van der Waals surface area contributed by atoms with E-state index in [1.54, 1.807) is 11.8 Å². The van der Waals surface area contributed by atoms with Gasteiger partial charge in [0.1, 0.15) is 5.78 Å². The summed E-state index contributed by atoms with van der Waals surface area (Å²) in [6.45, 7) is 1.80. The molecule has 2 fully saturated rings. The summed E-state index contributed by atoms with van der Waals surface area (Å²) in [5, 5.41) is 0. The van der Waals surface area contributed by atoms with Crippen LogP contribution in [0.4, 0.5) is 0 Å². The molecular formula is C10H16O2S. The number of rotatable bonds is 2. The van der Waals surface area contributed by atoms with Gasteiger partial charge in [0.2, 0.25) is 0 Å². The molecule has 1 unspecified atom stereocenters.